The minimum atomic E-state index is -4.26. The lowest BCUT2D eigenvalue weighted by Gasteiger charge is -2.09. The fraction of sp³-hybridized carbons (Fsp3) is 0.467. The summed E-state index contributed by atoms with van der Waals surface area (Å²) in [5.74, 6) is 0. The van der Waals surface area contributed by atoms with E-state index in [0.29, 0.717) is 12.1 Å². The molecule has 0 saturated carbocycles. The molecule has 0 amide bonds. The Labute approximate surface area is 111 Å². The van der Waals surface area contributed by atoms with Crippen molar-refractivity contribution in [3.8, 4) is 0 Å². The summed E-state index contributed by atoms with van der Waals surface area (Å²) in [4.78, 5) is 0. The second-order valence-corrected chi connectivity index (χ2v) is 4.88. The molecule has 1 N–H and O–H groups in total. The molecule has 4 heteroatoms. The highest BCUT2D eigenvalue weighted by Gasteiger charge is 2.30. The van der Waals surface area contributed by atoms with Gasteiger partial charge in [-0.25, -0.2) is 0 Å². The number of hydrogen-bond donors (Lipinski definition) is 1. The van der Waals surface area contributed by atoms with Gasteiger partial charge in [-0.15, -0.1) is 0 Å². The first-order chi connectivity index (χ1) is 9.05. The first-order valence-electron chi connectivity index (χ1n) is 6.60. The molecule has 0 unspecified atom stereocenters. The SMILES string of the molecule is FC(F)(F)c1cccc(CNCCC2=CCCC2)c1. The predicted molar refractivity (Wildman–Crippen MR) is 69.7 cm³/mol. The van der Waals surface area contributed by atoms with Crippen molar-refractivity contribution >= 4 is 0 Å². The van der Waals surface area contributed by atoms with Crippen LogP contribution < -0.4 is 5.32 Å². The van der Waals surface area contributed by atoms with Gasteiger partial charge in [-0.2, -0.15) is 13.2 Å². The third-order valence-corrected chi connectivity index (χ3v) is 3.34. The summed E-state index contributed by atoms with van der Waals surface area (Å²) in [5.41, 5.74) is 1.57. The quantitative estimate of drug-likeness (QED) is 0.621. The Morgan fingerprint density at radius 1 is 1.21 bits per heavy atom. The van der Waals surface area contributed by atoms with E-state index in [9.17, 15) is 13.2 Å². The highest BCUT2D eigenvalue weighted by molar-refractivity contribution is 5.25. The molecule has 0 heterocycles. The highest BCUT2D eigenvalue weighted by Crippen LogP contribution is 2.29. The zero-order valence-electron chi connectivity index (χ0n) is 10.8. The number of alkyl halides is 3. The van der Waals surface area contributed by atoms with Crippen molar-refractivity contribution in [1.82, 2.24) is 5.32 Å². The summed E-state index contributed by atoms with van der Waals surface area (Å²) in [5, 5.41) is 3.20. The van der Waals surface area contributed by atoms with Gasteiger partial charge in [0.05, 0.1) is 5.56 Å². The molecule has 0 fully saturated rings. The zero-order valence-corrected chi connectivity index (χ0v) is 10.8. The van der Waals surface area contributed by atoms with Gasteiger partial charge in [0, 0.05) is 6.54 Å². The standard InChI is InChI=1S/C15H18F3N/c16-15(17,18)14-7-3-6-13(10-14)11-19-9-8-12-4-1-2-5-12/h3-4,6-7,10,19H,1-2,5,8-9,11H2. The van der Waals surface area contributed by atoms with E-state index in [4.69, 9.17) is 0 Å². The van der Waals surface area contributed by atoms with E-state index in [2.05, 4.69) is 11.4 Å². The predicted octanol–water partition coefficient (Wildman–Crippen LogP) is 4.30. The third kappa shape index (κ3) is 4.39. The number of benzene rings is 1. The number of halogens is 3. The minimum Gasteiger partial charge on any atom is -0.312 e. The van der Waals surface area contributed by atoms with Crippen molar-refractivity contribution in [3.05, 3.63) is 47.0 Å². The lowest BCUT2D eigenvalue weighted by Crippen LogP contribution is -2.15. The topological polar surface area (TPSA) is 12.0 Å². The molecule has 104 valence electrons. The summed E-state index contributed by atoms with van der Waals surface area (Å²) in [6, 6.07) is 5.49. The number of hydrogen-bond acceptors (Lipinski definition) is 1. The van der Waals surface area contributed by atoms with E-state index >= 15 is 0 Å². The lowest BCUT2D eigenvalue weighted by molar-refractivity contribution is -0.137. The van der Waals surface area contributed by atoms with E-state index in [1.807, 2.05) is 0 Å². The Bertz CT molecular complexity index is 449. The second kappa shape index (κ2) is 6.24. The van der Waals surface area contributed by atoms with E-state index in [0.717, 1.165) is 19.0 Å². The van der Waals surface area contributed by atoms with E-state index in [1.54, 1.807) is 6.07 Å². The van der Waals surface area contributed by atoms with Gasteiger partial charge in [-0.05, 0) is 43.9 Å². The molecule has 2 rings (SSSR count). The Kier molecular flexibility index (Phi) is 4.64. The fourth-order valence-corrected chi connectivity index (χ4v) is 2.30. The van der Waals surface area contributed by atoms with Crippen molar-refractivity contribution < 1.29 is 13.2 Å². The number of nitrogens with one attached hydrogen (secondary N) is 1. The van der Waals surface area contributed by atoms with Crippen LogP contribution in [0.2, 0.25) is 0 Å². The maximum Gasteiger partial charge on any atom is 0.416 e. The van der Waals surface area contributed by atoms with Crippen LogP contribution in [0.3, 0.4) is 0 Å². The van der Waals surface area contributed by atoms with Gasteiger partial charge in [0.15, 0.2) is 0 Å². The average Bonchev–Trinajstić information content (AvgIpc) is 2.87. The fourth-order valence-electron chi connectivity index (χ4n) is 2.30. The Morgan fingerprint density at radius 3 is 2.74 bits per heavy atom. The van der Waals surface area contributed by atoms with Gasteiger partial charge in [0.2, 0.25) is 0 Å². The van der Waals surface area contributed by atoms with Gasteiger partial charge >= 0.3 is 6.18 Å². The highest BCUT2D eigenvalue weighted by atomic mass is 19.4. The van der Waals surface area contributed by atoms with Crippen molar-refractivity contribution in [1.29, 1.82) is 0 Å². The van der Waals surface area contributed by atoms with Crippen LogP contribution in [0, 0.1) is 0 Å². The molecule has 0 radical (unpaired) electrons. The first kappa shape index (κ1) is 14.1. The summed E-state index contributed by atoms with van der Waals surface area (Å²) < 4.78 is 37.6. The monoisotopic (exact) mass is 269 g/mol. The van der Waals surface area contributed by atoms with Gasteiger partial charge in [0.25, 0.3) is 0 Å². The smallest absolute Gasteiger partial charge is 0.312 e. The van der Waals surface area contributed by atoms with E-state index in [-0.39, 0.29) is 0 Å². The molecular formula is C15H18F3N. The Hall–Kier alpha value is -1.29. The maximum atomic E-state index is 12.5. The van der Waals surface area contributed by atoms with Gasteiger partial charge in [0.1, 0.15) is 0 Å². The van der Waals surface area contributed by atoms with Crippen LogP contribution in [0.4, 0.5) is 13.2 Å². The van der Waals surface area contributed by atoms with E-state index in [1.165, 1.54) is 37.0 Å². The lowest BCUT2D eigenvalue weighted by atomic mass is 10.1. The second-order valence-electron chi connectivity index (χ2n) is 4.88. The molecular weight excluding hydrogens is 251 g/mol. The van der Waals surface area contributed by atoms with Crippen LogP contribution in [0.1, 0.15) is 36.8 Å². The zero-order chi connectivity index (χ0) is 13.7. The first-order valence-corrected chi connectivity index (χ1v) is 6.60. The molecule has 1 aliphatic rings. The Balaban J connectivity index is 1.79. The molecule has 1 aliphatic carbocycles. The van der Waals surface area contributed by atoms with Crippen LogP contribution in [0.5, 0.6) is 0 Å². The molecule has 19 heavy (non-hydrogen) atoms. The normalized spacial score (nSPS) is 15.6. The van der Waals surface area contributed by atoms with Crippen LogP contribution >= 0.6 is 0 Å². The molecule has 0 aromatic heterocycles. The van der Waals surface area contributed by atoms with Crippen LogP contribution in [0.15, 0.2) is 35.9 Å². The molecule has 0 bridgehead atoms. The summed E-state index contributed by atoms with van der Waals surface area (Å²) >= 11 is 0. The van der Waals surface area contributed by atoms with Crippen LogP contribution in [-0.4, -0.2) is 6.54 Å². The molecule has 0 spiro atoms. The van der Waals surface area contributed by atoms with Gasteiger partial charge in [-0.1, -0.05) is 29.8 Å². The molecule has 0 aliphatic heterocycles. The van der Waals surface area contributed by atoms with Gasteiger partial charge < -0.3 is 5.32 Å². The molecule has 0 saturated heterocycles. The summed E-state index contributed by atoms with van der Waals surface area (Å²) in [6.45, 7) is 1.30. The van der Waals surface area contributed by atoms with Crippen molar-refractivity contribution in [2.45, 2.75) is 38.4 Å². The van der Waals surface area contributed by atoms with Crippen LogP contribution in [-0.2, 0) is 12.7 Å². The van der Waals surface area contributed by atoms with E-state index < -0.39 is 11.7 Å². The average molecular weight is 269 g/mol. The number of rotatable bonds is 5. The minimum absolute atomic E-state index is 0.483. The van der Waals surface area contributed by atoms with Crippen molar-refractivity contribution in [3.63, 3.8) is 0 Å². The summed E-state index contributed by atoms with van der Waals surface area (Å²) in [7, 11) is 0. The van der Waals surface area contributed by atoms with Crippen molar-refractivity contribution in [2.75, 3.05) is 6.54 Å². The largest absolute Gasteiger partial charge is 0.416 e. The molecule has 1 aromatic carbocycles. The van der Waals surface area contributed by atoms with Crippen molar-refractivity contribution in [2.24, 2.45) is 0 Å². The number of allylic oxidation sites excluding steroid dienone is 1. The maximum absolute atomic E-state index is 12.5. The molecule has 1 aromatic rings. The third-order valence-electron chi connectivity index (χ3n) is 3.34. The molecule has 0 atom stereocenters. The Morgan fingerprint density at radius 2 is 2.05 bits per heavy atom. The summed E-state index contributed by atoms with van der Waals surface area (Å²) in [6.07, 6.45) is 2.59. The molecule has 1 nitrogen and oxygen atoms in total. The van der Waals surface area contributed by atoms with Gasteiger partial charge in [-0.3, -0.25) is 0 Å². The van der Waals surface area contributed by atoms with Crippen LogP contribution in [0.25, 0.3) is 0 Å².